The topological polar surface area (TPSA) is 128 Å². The smallest absolute Gasteiger partial charge is 0.313 e. The highest BCUT2D eigenvalue weighted by molar-refractivity contribution is 5.91. The molecule has 1 aromatic heterocycles. The van der Waals surface area contributed by atoms with Crippen LogP contribution in [0.2, 0.25) is 0 Å². The molecule has 1 amide bonds. The number of rotatable bonds is 9. The first-order valence-electron chi connectivity index (χ1n) is 9.11. The Balaban J connectivity index is 1.61. The lowest BCUT2D eigenvalue weighted by molar-refractivity contribution is -0.384. The lowest BCUT2D eigenvalue weighted by Crippen LogP contribution is -2.20. The van der Waals surface area contributed by atoms with E-state index in [4.69, 9.17) is 9.47 Å². The zero-order valence-electron chi connectivity index (χ0n) is 16.5. The van der Waals surface area contributed by atoms with E-state index in [0.29, 0.717) is 22.7 Å². The highest BCUT2D eigenvalue weighted by atomic mass is 16.6. The van der Waals surface area contributed by atoms with Crippen LogP contribution in [0.3, 0.4) is 0 Å². The molecule has 0 aliphatic carbocycles. The van der Waals surface area contributed by atoms with Gasteiger partial charge in [0.2, 0.25) is 5.82 Å². The van der Waals surface area contributed by atoms with Gasteiger partial charge in [-0.15, -0.1) is 0 Å². The number of anilines is 2. The van der Waals surface area contributed by atoms with E-state index in [1.54, 1.807) is 30.3 Å². The molecule has 2 aromatic carbocycles. The maximum Gasteiger partial charge on any atom is 0.313 e. The fourth-order valence-electron chi connectivity index (χ4n) is 2.54. The third-order valence-electron chi connectivity index (χ3n) is 3.97. The maximum atomic E-state index is 12.0. The Kier molecular flexibility index (Phi) is 7.09. The Labute approximate surface area is 177 Å². The van der Waals surface area contributed by atoms with Crippen LogP contribution >= 0.6 is 0 Å². The predicted octanol–water partition coefficient (Wildman–Crippen LogP) is 3.46. The van der Waals surface area contributed by atoms with Gasteiger partial charge in [-0.05, 0) is 42.0 Å². The minimum Gasteiger partial charge on any atom is -0.493 e. The van der Waals surface area contributed by atoms with Gasteiger partial charge in [0.1, 0.15) is 0 Å². The Hall–Kier alpha value is -4.47. The van der Waals surface area contributed by atoms with Gasteiger partial charge < -0.3 is 14.8 Å². The fourth-order valence-corrected chi connectivity index (χ4v) is 2.54. The van der Waals surface area contributed by atoms with Crippen LogP contribution in [0.25, 0.3) is 0 Å². The molecule has 0 saturated carbocycles. The summed E-state index contributed by atoms with van der Waals surface area (Å²) >= 11 is 0. The molecule has 0 aliphatic heterocycles. The Morgan fingerprint density at radius 3 is 2.71 bits per heavy atom. The number of hydrogen-bond acceptors (Lipinski definition) is 8. The Bertz CT molecular complexity index is 1090. The second kappa shape index (κ2) is 10.3. The van der Waals surface area contributed by atoms with E-state index in [1.165, 1.54) is 31.7 Å². The van der Waals surface area contributed by atoms with Crippen molar-refractivity contribution < 1.29 is 19.2 Å². The minimum absolute atomic E-state index is 0.0279. The molecule has 10 nitrogen and oxygen atoms in total. The van der Waals surface area contributed by atoms with Gasteiger partial charge in [0, 0.05) is 18.0 Å². The summed E-state index contributed by atoms with van der Waals surface area (Å²) in [6.45, 7) is -0.191. The Morgan fingerprint density at radius 2 is 1.97 bits per heavy atom. The van der Waals surface area contributed by atoms with Crippen LogP contribution in [0.1, 0.15) is 5.56 Å². The molecule has 0 radical (unpaired) electrons. The number of para-hydroxylation sites is 1. The second-order valence-corrected chi connectivity index (χ2v) is 6.11. The molecule has 0 unspecified atom stereocenters. The summed E-state index contributed by atoms with van der Waals surface area (Å²) in [5.74, 6) is 0.511. The Morgan fingerprint density at radius 1 is 1.16 bits per heavy atom. The zero-order valence-corrected chi connectivity index (χ0v) is 16.5. The summed E-state index contributed by atoms with van der Waals surface area (Å²) in [6.07, 6.45) is 2.88. The first-order valence-corrected chi connectivity index (χ1v) is 9.11. The molecule has 3 aromatic rings. The molecule has 0 saturated heterocycles. The third kappa shape index (κ3) is 6.00. The molecule has 0 spiro atoms. The number of aromatic nitrogens is 1. The van der Waals surface area contributed by atoms with Crippen molar-refractivity contribution in [2.24, 2.45) is 5.10 Å². The number of nitrogens with one attached hydrogen (secondary N) is 2. The molecule has 10 heteroatoms. The molecule has 1 heterocycles. The number of carbonyl (C=O) groups excluding carboxylic acids is 1. The van der Waals surface area contributed by atoms with Crippen LogP contribution < -0.4 is 20.2 Å². The van der Waals surface area contributed by atoms with Gasteiger partial charge in [0.25, 0.3) is 5.91 Å². The van der Waals surface area contributed by atoms with E-state index >= 15 is 0 Å². The number of ether oxygens (including phenoxy) is 2. The number of carbonyl (C=O) groups is 1. The van der Waals surface area contributed by atoms with E-state index < -0.39 is 4.92 Å². The number of nitro groups is 1. The first kappa shape index (κ1) is 21.2. The molecule has 0 atom stereocenters. The second-order valence-electron chi connectivity index (χ2n) is 6.11. The van der Waals surface area contributed by atoms with Crippen molar-refractivity contribution in [1.82, 2.24) is 4.98 Å². The fraction of sp³-hybridized carbons (Fsp3) is 0.0952. The normalized spacial score (nSPS) is 10.5. The van der Waals surface area contributed by atoms with Crippen LogP contribution in [0.5, 0.6) is 11.5 Å². The van der Waals surface area contributed by atoms with Crippen LogP contribution in [-0.4, -0.2) is 35.7 Å². The van der Waals surface area contributed by atoms with Crippen molar-refractivity contribution in [2.45, 2.75) is 0 Å². The van der Waals surface area contributed by atoms with Crippen LogP contribution in [-0.2, 0) is 4.79 Å². The summed E-state index contributed by atoms with van der Waals surface area (Å²) < 4.78 is 10.9. The van der Waals surface area contributed by atoms with Crippen molar-refractivity contribution >= 4 is 29.3 Å². The SMILES string of the molecule is COc1cc(/C=N\Nc2ncccc2[N+](=O)[O-])ccc1OCC(=O)Nc1ccccc1. The number of methoxy groups -OCH3 is 1. The van der Waals surface area contributed by atoms with Gasteiger partial charge in [0.05, 0.1) is 18.2 Å². The molecular weight excluding hydrogens is 402 g/mol. The first-order chi connectivity index (χ1) is 15.1. The third-order valence-corrected chi connectivity index (χ3v) is 3.97. The number of hydrogen-bond donors (Lipinski definition) is 2. The largest absolute Gasteiger partial charge is 0.493 e. The molecule has 31 heavy (non-hydrogen) atoms. The van der Waals surface area contributed by atoms with Gasteiger partial charge in [-0.1, -0.05) is 18.2 Å². The lowest BCUT2D eigenvalue weighted by Gasteiger charge is -2.11. The molecule has 158 valence electrons. The molecule has 0 bridgehead atoms. The van der Waals surface area contributed by atoms with Crippen molar-refractivity contribution in [3.63, 3.8) is 0 Å². The van der Waals surface area contributed by atoms with Gasteiger partial charge in [-0.2, -0.15) is 5.10 Å². The maximum absolute atomic E-state index is 12.0. The summed E-state index contributed by atoms with van der Waals surface area (Å²) in [4.78, 5) is 26.4. The highest BCUT2D eigenvalue weighted by Gasteiger charge is 2.13. The molecule has 0 aliphatic rings. The summed E-state index contributed by atoms with van der Waals surface area (Å²) in [6, 6.07) is 16.8. The standard InChI is InChI=1S/C21H19N5O5/c1-30-19-12-15(13-23-25-21-17(26(28)29)8-5-11-22-21)9-10-18(19)31-14-20(27)24-16-6-3-2-4-7-16/h2-13H,14H2,1H3,(H,22,25)(H,24,27)/b23-13-. The molecule has 2 N–H and O–H groups in total. The summed E-state index contributed by atoms with van der Waals surface area (Å²) in [5, 5.41) is 17.7. The van der Waals surface area contributed by atoms with Crippen molar-refractivity contribution in [2.75, 3.05) is 24.5 Å². The van der Waals surface area contributed by atoms with Crippen LogP contribution in [0.15, 0.2) is 72.0 Å². The molecule has 3 rings (SSSR count). The molecule has 0 fully saturated rings. The van der Waals surface area contributed by atoms with Crippen LogP contribution in [0, 0.1) is 10.1 Å². The lowest BCUT2D eigenvalue weighted by atomic mass is 10.2. The van der Waals surface area contributed by atoms with E-state index in [0.717, 1.165) is 0 Å². The van der Waals surface area contributed by atoms with Gasteiger partial charge >= 0.3 is 5.69 Å². The summed E-state index contributed by atoms with van der Waals surface area (Å²) in [5.41, 5.74) is 3.68. The van der Waals surface area contributed by atoms with Gasteiger partial charge in [-0.25, -0.2) is 4.98 Å². The van der Waals surface area contributed by atoms with E-state index in [-0.39, 0.29) is 24.0 Å². The van der Waals surface area contributed by atoms with Gasteiger partial charge in [0.15, 0.2) is 18.1 Å². The average Bonchev–Trinajstić information content (AvgIpc) is 2.79. The molecular formula is C21H19N5O5. The monoisotopic (exact) mass is 421 g/mol. The van der Waals surface area contributed by atoms with E-state index in [9.17, 15) is 14.9 Å². The zero-order chi connectivity index (χ0) is 22.1. The quantitative estimate of drug-likeness (QED) is 0.308. The van der Waals surface area contributed by atoms with E-state index in [2.05, 4.69) is 20.8 Å². The number of amides is 1. The highest BCUT2D eigenvalue weighted by Crippen LogP contribution is 2.27. The number of benzene rings is 2. The number of pyridine rings is 1. The number of nitrogens with zero attached hydrogens (tertiary/aromatic N) is 3. The van der Waals surface area contributed by atoms with Crippen molar-refractivity contribution in [3.8, 4) is 11.5 Å². The average molecular weight is 421 g/mol. The van der Waals surface area contributed by atoms with Gasteiger partial charge in [-0.3, -0.25) is 20.3 Å². The minimum atomic E-state index is -0.548. The predicted molar refractivity (Wildman–Crippen MR) is 116 cm³/mol. The van der Waals surface area contributed by atoms with E-state index in [1.807, 2.05) is 18.2 Å². The van der Waals surface area contributed by atoms with Crippen LogP contribution in [0.4, 0.5) is 17.2 Å². The van der Waals surface area contributed by atoms with Crippen molar-refractivity contribution in [3.05, 3.63) is 82.5 Å². The van der Waals surface area contributed by atoms with Crippen molar-refractivity contribution in [1.29, 1.82) is 0 Å². The summed E-state index contributed by atoms with van der Waals surface area (Å²) in [7, 11) is 1.47. The number of hydrazone groups is 1.